The number of carbonyl (C=O) groups is 1. The minimum atomic E-state index is -0.370. The first-order valence-corrected chi connectivity index (χ1v) is 5.29. The lowest BCUT2D eigenvalue weighted by Gasteiger charge is -2.09. The van der Waals surface area contributed by atoms with E-state index in [1.165, 1.54) is 7.11 Å². The van der Waals surface area contributed by atoms with Crippen molar-refractivity contribution in [3.8, 4) is 5.75 Å². The number of methoxy groups -OCH3 is 1. The largest absolute Gasteiger partial charge is 0.496 e. The van der Waals surface area contributed by atoms with Crippen LogP contribution in [-0.2, 0) is 4.74 Å². The first kappa shape index (κ1) is 12.4. The molecule has 0 saturated heterocycles. The predicted octanol–water partition coefficient (Wildman–Crippen LogP) is 2.23. The van der Waals surface area contributed by atoms with Gasteiger partial charge >= 0.3 is 5.97 Å². The van der Waals surface area contributed by atoms with E-state index >= 15 is 0 Å². The minimum absolute atomic E-state index is 0.370. The molecule has 2 N–H and O–H groups in total. The molecule has 1 rings (SSSR count). The molecule has 0 aliphatic heterocycles. The highest BCUT2D eigenvalue weighted by Crippen LogP contribution is 2.22. The molecule has 0 aliphatic rings. The SMILES string of the molecule is CCCCOC(=O)c1ccc(N)cc1OC. The van der Waals surface area contributed by atoms with Gasteiger partial charge in [0.1, 0.15) is 11.3 Å². The summed E-state index contributed by atoms with van der Waals surface area (Å²) in [6.07, 6.45) is 1.86. The summed E-state index contributed by atoms with van der Waals surface area (Å²) < 4.78 is 10.2. The monoisotopic (exact) mass is 223 g/mol. The molecule has 0 fully saturated rings. The maximum absolute atomic E-state index is 11.7. The van der Waals surface area contributed by atoms with Gasteiger partial charge in [-0.25, -0.2) is 4.79 Å². The van der Waals surface area contributed by atoms with Crippen LogP contribution in [-0.4, -0.2) is 19.7 Å². The van der Waals surface area contributed by atoms with Crippen molar-refractivity contribution in [1.29, 1.82) is 0 Å². The average Bonchev–Trinajstić information content (AvgIpc) is 2.29. The molecular formula is C12H17NO3. The fourth-order valence-corrected chi connectivity index (χ4v) is 1.26. The standard InChI is InChI=1S/C12H17NO3/c1-3-4-7-16-12(14)10-6-5-9(13)8-11(10)15-2/h5-6,8H,3-4,7,13H2,1-2H3. The molecule has 0 unspecified atom stereocenters. The van der Waals surface area contributed by atoms with Crippen LogP contribution in [0.4, 0.5) is 5.69 Å². The molecule has 0 spiro atoms. The van der Waals surface area contributed by atoms with Crippen molar-refractivity contribution in [3.05, 3.63) is 23.8 Å². The molecule has 0 amide bonds. The van der Waals surface area contributed by atoms with Gasteiger partial charge in [-0.3, -0.25) is 0 Å². The Morgan fingerprint density at radius 2 is 2.19 bits per heavy atom. The van der Waals surface area contributed by atoms with Gasteiger partial charge in [0.25, 0.3) is 0 Å². The van der Waals surface area contributed by atoms with Crippen molar-refractivity contribution in [2.45, 2.75) is 19.8 Å². The number of anilines is 1. The van der Waals surface area contributed by atoms with Crippen LogP contribution < -0.4 is 10.5 Å². The highest BCUT2D eigenvalue weighted by Gasteiger charge is 2.13. The molecule has 0 aromatic heterocycles. The number of nitrogen functional groups attached to an aromatic ring is 1. The molecule has 1 aromatic carbocycles. The topological polar surface area (TPSA) is 61.5 Å². The fraction of sp³-hybridized carbons (Fsp3) is 0.417. The molecule has 4 heteroatoms. The summed E-state index contributed by atoms with van der Waals surface area (Å²) in [5.74, 6) is 0.0757. The van der Waals surface area contributed by atoms with Crippen LogP contribution in [0.15, 0.2) is 18.2 Å². The zero-order valence-electron chi connectivity index (χ0n) is 9.66. The maximum atomic E-state index is 11.7. The van der Waals surface area contributed by atoms with Crippen molar-refractivity contribution in [2.75, 3.05) is 19.5 Å². The summed E-state index contributed by atoms with van der Waals surface area (Å²) in [6, 6.07) is 4.87. The van der Waals surface area contributed by atoms with Gasteiger partial charge < -0.3 is 15.2 Å². The third-order valence-electron chi connectivity index (χ3n) is 2.18. The van der Waals surface area contributed by atoms with Gasteiger partial charge in [-0.2, -0.15) is 0 Å². The Morgan fingerprint density at radius 3 is 2.81 bits per heavy atom. The van der Waals surface area contributed by atoms with E-state index < -0.39 is 0 Å². The Bertz CT molecular complexity index is 363. The Balaban J connectivity index is 2.74. The van der Waals surface area contributed by atoms with E-state index in [-0.39, 0.29) is 5.97 Å². The number of unbranched alkanes of at least 4 members (excludes halogenated alkanes) is 1. The third kappa shape index (κ3) is 3.15. The number of hydrogen-bond donors (Lipinski definition) is 1. The normalized spacial score (nSPS) is 9.88. The molecule has 0 heterocycles. The van der Waals surface area contributed by atoms with Gasteiger partial charge in [-0.05, 0) is 18.6 Å². The van der Waals surface area contributed by atoms with Crippen LogP contribution in [0.2, 0.25) is 0 Å². The van der Waals surface area contributed by atoms with Crippen LogP contribution >= 0.6 is 0 Å². The van der Waals surface area contributed by atoms with E-state index in [2.05, 4.69) is 0 Å². The lowest BCUT2D eigenvalue weighted by atomic mass is 10.2. The molecular weight excluding hydrogens is 206 g/mol. The Morgan fingerprint density at radius 1 is 1.44 bits per heavy atom. The van der Waals surface area contributed by atoms with Crippen molar-refractivity contribution in [2.24, 2.45) is 0 Å². The van der Waals surface area contributed by atoms with Crippen molar-refractivity contribution in [3.63, 3.8) is 0 Å². The number of carbonyl (C=O) groups excluding carboxylic acids is 1. The lowest BCUT2D eigenvalue weighted by molar-refractivity contribution is 0.0496. The quantitative estimate of drug-likeness (QED) is 0.472. The van der Waals surface area contributed by atoms with E-state index in [9.17, 15) is 4.79 Å². The second kappa shape index (κ2) is 6.00. The molecule has 0 atom stereocenters. The number of benzene rings is 1. The van der Waals surface area contributed by atoms with Crippen LogP contribution in [0.3, 0.4) is 0 Å². The first-order valence-electron chi connectivity index (χ1n) is 5.29. The lowest BCUT2D eigenvalue weighted by Crippen LogP contribution is -2.08. The summed E-state index contributed by atoms with van der Waals surface area (Å²) in [5, 5.41) is 0. The van der Waals surface area contributed by atoms with E-state index in [0.29, 0.717) is 23.6 Å². The minimum Gasteiger partial charge on any atom is -0.496 e. The number of rotatable bonds is 5. The van der Waals surface area contributed by atoms with Gasteiger partial charge in [0.15, 0.2) is 0 Å². The second-order valence-corrected chi connectivity index (χ2v) is 3.45. The van der Waals surface area contributed by atoms with Gasteiger partial charge in [-0.15, -0.1) is 0 Å². The van der Waals surface area contributed by atoms with Crippen molar-refractivity contribution >= 4 is 11.7 Å². The van der Waals surface area contributed by atoms with Crippen LogP contribution in [0.1, 0.15) is 30.1 Å². The molecule has 0 bridgehead atoms. The summed E-state index contributed by atoms with van der Waals surface area (Å²) >= 11 is 0. The Hall–Kier alpha value is -1.71. The highest BCUT2D eigenvalue weighted by atomic mass is 16.5. The number of ether oxygens (including phenoxy) is 2. The summed E-state index contributed by atoms with van der Waals surface area (Å²) in [4.78, 5) is 11.7. The van der Waals surface area contributed by atoms with Gasteiger partial charge in [0.05, 0.1) is 13.7 Å². The number of nitrogens with two attached hydrogens (primary N) is 1. The van der Waals surface area contributed by atoms with Crippen molar-refractivity contribution in [1.82, 2.24) is 0 Å². The third-order valence-corrected chi connectivity index (χ3v) is 2.18. The van der Waals surface area contributed by atoms with E-state index in [4.69, 9.17) is 15.2 Å². The van der Waals surface area contributed by atoms with Crippen molar-refractivity contribution < 1.29 is 14.3 Å². The fourth-order valence-electron chi connectivity index (χ4n) is 1.26. The summed E-state index contributed by atoms with van der Waals surface area (Å²) in [7, 11) is 1.50. The van der Waals surface area contributed by atoms with E-state index in [1.807, 2.05) is 6.92 Å². The molecule has 0 radical (unpaired) electrons. The molecule has 0 aliphatic carbocycles. The van der Waals surface area contributed by atoms with E-state index in [1.54, 1.807) is 18.2 Å². The van der Waals surface area contributed by atoms with Gasteiger partial charge in [-0.1, -0.05) is 13.3 Å². The van der Waals surface area contributed by atoms with E-state index in [0.717, 1.165) is 12.8 Å². The smallest absolute Gasteiger partial charge is 0.341 e. The van der Waals surface area contributed by atoms with Crippen LogP contribution in [0, 0.1) is 0 Å². The first-order chi connectivity index (χ1) is 7.69. The highest BCUT2D eigenvalue weighted by molar-refractivity contribution is 5.93. The number of hydrogen-bond acceptors (Lipinski definition) is 4. The van der Waals surface area contributed by atoms with Gasteiger partial charge in [0.2, 0.25) is 0 Å². The molecule has 88 valence electrons. The molecule has 4 nitrogen and oxygen atoms in total. The zero-order valence-corrected chi connectivity index (χ0v) is 9.66. The molecule has 0 saturated carbocycles. The van der Waals surface area contributed by atoms with Crippen LogP contribution in [0.25, 0.3) is 0 Å². The second-order valence-electron chi connectivity index (χ2n) is 3.45. The maximum Gasteiger partial charge on any atom is 0.341 e. The number of esters is 1. The molecule has 16 heavy (non-hydrogen) atoms. The molecule has 1 aromatic rings. The Kier molecular flexibility index (Phi) is 4.64. The zero-order chi connectivity index (χ0) is 12.0. The Labute approximate surface area is 95.3 Å². The van der Waals surface area contributed by atoms with Gasteiger partial charge in [0, 0.05) is 11.8 Å². The van der Waals surface area contributed by atoms with Crippen LogP contribution in [0.5, 0.6) is 5.75 Å². The average molecular weight is 223 g/mol. The summed E-state index contributed by atoms with van der Waals surface area (Å²) in [5.41, 5.74) is 6.56. The summed E-state index contributed by atoms with van der Waals surface area (Å²) in [6.45, 7) is 2.47. The predicted molar refractivity (Wildman–Crippen MR) is 62.6 cm³/mol.